The quantitative estimate of drug-likeness (QED) is 0.655. The van der Waals surface area contributed by atoms with Crippen molar-refractivity contribution in [2.24, 2.45) is 0 Å². The van der Waals surface area contributed by atoms with Crippen molar-refractivity contribution in [3.05, 3.63) is 54.4 Å². The fourth-order valence-corrected chi connectivity index (χ4v) is 2.59. The number of amides is 1. The summed E-state index contributed by atoms with van der Waals surface area (Å²) in [5.41, 5.74) is 1.21. The largest absolute Gasteiger partial charge is 0.326 e. The molecule has 5 heteroatoms. The van der Waals surface area contributed by atoms with Crippen molar-refractivity contribution in [2.45, 2.75) is 17.7 Å². The maximum Gasteiger partial charge on any atom is 0.224 e. The Morgan fingerprint density at radius 2 is 2.10 bits per heavy atom. The zero-order chi connectivity index (χ0) is 14.9. The molecule has 0 fully saturated rings. The smallest absolute Gasteiger partial charge is 0.224 e. The summed E-state index contributed by atoms with van der Waals surface area (Å²) in [5.74, 6) is 0.857. The third-order valence-corrected chi connectivity index (χ3v) is 3.84. The molecule has 1 heterocycles. The highest BCUT2D eigenvalue weighted by atomic mass is 32.2. The number of anilines is 1. The molecule has 2 aromatic rings. The second-order valence-electron chi connectivity index (χ2n) is 4.38. The van der Waals surface area contributed by atoms with Gasteiger partial charge in [-0.2, -0.15) is 5.26 Å². The lowest BCUT2D eigenvalue weighted by atomic mass is 10.2. The van der Waals surface area contributed by atoms with E-state index >= 15 is 0 Å². The zero-order valence-corrected chi connectivity index (χ0v) is 12.3. The summed E-state index contributed by atoms with van der Waals surface area (Å²) in [7, 11) is 0. The highest BCUT2D eigenvalue weighted by Gasteiger charge is 2.03. The molecule has 0 radical (unpaired) electrons. The SMILES string of the molecule is N#Cc1cccc(NC(=O)CCCSc2ccncc2)c1. The molecule has 0 bridgehead atoms. The molecule has 1 aromatic heterocycles. The van der Waals surface area contributed by atoms with E-state index < -0.39 is 0 Å². The number of nitrogens with zero attached hydrogens (tertiary/aromatic N) is 2. The Labute approximate surface area is 128 Å². The van der Waals surface area contributed by atoms with Crippen molar-refractivity contribution in [1.29, 1.82) is 5.26 Å². The maximum atomic E-state index is 11.8. The molecule has 106 valence electrons. The lowest BCUT2D eigenvalue weighted by Gasteiger charge is -2.05. The van der Waals surface area contributed by atoms with Gasteiger partial charge < -0.3 is 5.32 Å². The van der Waals surface area contributed by atoms with Crippen LogP contribution in [0.4, 0.5) is 5.69 Å². The number of nitrogens with one attached hydrogen (secondary N) is 1. The van der Waals surface area contributed by atoms with E-state index in [2.05, 4.69) is 16.4 Å². The molecule has 2 rings (SSSR count). The first-order valence-electron chi connectivity index (χ1n) is 6.61. The summed E-state index contributed by atoms with van der Waals surface area (Å²) in [4.78, 5) is 16.9. The van der Waals surface area contributed by atoms with Gasteiger partial charge in [0.25, 0.3) is 0 Å². The van der Waals surface area contributed by atoms with E-state index in [0.29, 0.717) is 17.7 Å². The molecule has 4 nitrogen and oxygen atoms in total. The van der Waals surface area contributed by atoms with E-state index in [1.54, 1.807) is 48.4 Å². The number of hydrogen-bond acceptors (Lipinski definition) is 4. The average molecular weight is 297 g/mol. The van der Waals surface area contributed by atoms with E-state index in [4.69, 9.17) is 5.26 Å². The Balaban J connectivity index is 1.71. The molecule has 1 N–H and O–H groups in total. The van der Waals surface area contributed by atoms with Crippen molar-refractivity contribution in [1.82, 2.24) is 4.98 Å². The molecule has 0 atom stereocenters. The lowest BCUT2D eigenvalue weighted by molar-refractivity contribution is -0.116. The molecular formula is C16H15N3OS. The standard InChI is InChI=1S/C16H15N3OS/c17-12-13-3-1-4-14(11-13)19-16(20)5-2-10-21-15-6-8-18-9-7-15/h1,3-4,6-9,11H,2,5,10H2,(H,19,20). The first-order valence-corrected chi connectivity index (χ1v) is 7.59. The van der Waals surface area contributed by atoms with Gasteiger partial charge in [0.2, 0.25) is 5.91 Å². The van der Waals surface area contributed by atoms with Crippen LogP contribution in [0.5, 0.6) is 0 Å². The molecule has 21 heavy (non-hydrogen) atoms. The number of pyridine rings is 1. The van der Waals surface area contributed by atoms with Crippen LogP contribution in [0, 0.1) is 11.3 Å². The molecule has 0 saturated heterocycles. The molecule has 0 spiro atoms. The van der Waals surface area contributed by atoms with E-state index in [9.17, 15) is 4.79 Å². The number of carbonyl (C=O) groups excluding carboxylic acids is 1. The van der Waals surface area contributed by atoms with E-state index in [-0.39, 0.29) is 5.91 Å². The van der Waals surface area contributed by atoms with Gasteiger partial charge in [-0.1, -0.05) is 6.07 Å². The number of rotatable bonds is 6. The highest BCUT2D eigenvalue weighted by molar-refractivity contribution is 7.99. The Hall–Kier alpha value is -2.32. The maximum absolute atomic E-state index is 11.8. The molecule has 0 aliphatic heterocycles. The Kier molecular flexibility index (Phi) is 5.80. The first-order chi connectivity index (χ1) is 10.3. The van der Waals surface area contributed by atoms with Gasteiger partial charge in [0.05, 0.1) is 11.6 Å². The highest BCUT2D eigenvalue weighted by Crippen LogP contribution is 2.18. The fraction of sp³-hybridized carbons (Fsp3) is 0.188. The van der Waals surface area contributed by atoms with E-state index in [1.807, 2.05) is 12.1 Å². The van der Waals surface area contributed by atoms with Crippen molar-refractivity contribution in [3.8, 4) is 6.07 Å². The van der Waals surface area contributed by atoms with Gasteiger partial charge in [0, 0.05) is 29.4 Å². The number of carbonyl (C=O) groups is 1. The molecule has 0 aliphatic rings. The minimum Gasteiger partial charge on any atom is -0.326 e. The molecule has 0 aliphatic carbocycles. The van der Waals surface area contributed by atoms with Crippen molar-refractivity contribution in [2.75, 3.05) is 11.1 Å². The zero-order valence-electron chi connectivity index (χ0n) is 11.5. The summed E-state index contributed by atoms with van der Waals surface area (Å²) < 4.78 is 0. The Morgan fingerprint density at radius 3 is 2.86 bits per heavy atom. The predicted octanol–water partition coefficient (Wildman–Crippen LogP) is 3.46. The second-order valence-corrected chi connectivity index (χ2v) is 5.54. The third-order valence-electron chi connectivity index (χ3n) is 2.74. The van der Waals surface area contributed by atoms with Crippen LogP contribution < -0.4 is 5.32 Å². The normalized spacial score (nSPS) is 9.86. The van der Waals surface area contributed by atoms with Crippen LogP contribution in [-0.2, 0) is 4.79 Å². The van der Waals surface area contributed by atoms with E-state index in [0.717, 1.165) is 17.1 Å². The molecular weight excluding hydrogens is 282 g/mol. The van der Waals surface area contributed by atoms with Crippen molar-refractivity contribution < 1.29 is 4.79 Å². The molecule has 1 aromatic carbocycles. The Morgan fingerprint density at radius 1 is 1.29 bits per heavy atom. The van der Waals surface area contributed by atoms with Gasteiger partial charge in [-0.25, -0.2) is 0 Å². The summed E-state index contributed by atoms with van der Waals surface area (Å²) >= 11 is 1.71. The van der Waals surface area contributed by atoms with Crippen LogP contribution in [0.3, 0.4) is 0 Å². The van der Waals surface area contributed by atoms with Crippen LogP contribution >= 0.6 is 11.8 Å². The molecule has 1 amide bonds. The Bertz CT molecular complexity index is 637. The number of thioether (sulfide) groups is 1. The summed E-state index contributed by atoms with van der Waals surface area (Å²) in [6.07, 6.45) is 4.79. The van der Waals surface area contributed by atoms with Gasteiger partial charge in [-0.15, -0.1) is 11.8 Å². The summed E-state index contributed by atoms with van der Waals surface area (Å²) in [6, 6.07) is 12.9. The number of hydrogen-bond donors (Lipinski definition) is 1. The van der Waals surface area contributed by atoms with Gasteiger partial charge >= 0.3 is 0 Å². The van der Waals surface area contributed by atoms with Gasteiger partial charge in [0.15, 0.2) is 0 Å². The summed E-state index contributed by atoms with van der Waals surface area (Å²) in [5, 5.41) is 11.6. The monoisotopic (exact) mass is 297 g/mol. The van der Waals surface area contributed by atoms with Gasteiger partial charge in [-0.05, 0) is 42.5 Å². The van der Waals surface area contributed by atoms with Crippen LogP contribution in [0.25, 0.3) is 0 Å². The van der Waals surface area contributed by atoms with Gasteiger partial charge in [-0.3, -0.25) is 9.78 Å². The van der Waals surface area contributed by atoms with Gasteiger partial charge in [0.1, 0.15) is 0 Å². The first kappa shape index (κ1) is 15.1. The van der Waals surface area contributed by atoms with Crippen LogP contribution in [0.1, 0.15) is 18.4 Å². The number of benzene rings is 1. The predicted molar refractivity (Wildman–Crippen MR) is 84.0 cm³/mol. The fourth-order valence-electron chi connectivity index (χ4n) is 1.75. The number of aromatic nitrogens is 1. The van der Waals surface area contributed by atoms with Crippen LogP contribution in [0.2, 0.25) is 0 Å². The lowest BCUT2D eigenvalue weighted by Crippen LogP contribution is -2.11. The minimum atomic E-state index is -0.0274. The van der Waals surface area contributed by atoms with Crippen LogP contribution in [-0.4, -0.2) is 16.6 Å². The van der Waals surface area contributed by atoms with Crippen molar-refractivity contribution >= 4 is 23.4 Å². The number of nitriles is 1. The average Bonchev–Trinajstić information content (AvgIpc) is 2.53. The topological polar surface area (TPSA) is 65.8 Å². The third kappa shape index (κ3) is 5.28. The molecule has 0 saturated carbocycles. The van der Waals surface area contributed by atoms with Crippen molar-refractivity contribution in [3.63, 3.8) is 0 Å². The van der Waals surface area contributed by atoms with E-state index in [1.165, 1.54) is 0 Å². The molecule has 0 unspecified atom stereocenters. The minimum absolute atomic E-state index is 0.0274. The second kappa shape index (κ2) is 8.08. The summed E-state index contributed by atoms with van der Waals surface area (Å²) in [6.45, 7) is 0. The van der Waals surface area contributed by atoms with Crippen LogP contribution in [0.15, 0.2) is 53.7 Å².